The molecule has 1 aromatic rings. The quantitative estimate of drug-likeness (QED) is 0.397. The molecule has 126 valence electrons. The van der Waals surface area contributed by atoms with Crippen LogP contribution in [0.15, 0.2) is 17.7 Å². The van der Waals surface area contributed by atoms with Crippen molar-refractivity contribution >= 4 is 52.8 Å². The lowest BCUT2D eigenvalue weighted by Crippen LogP contribution is -2.51. The monoisotopic (exact) mass is 370 g/mol. The Morgan fingerprint density at radius 2 is 1.96 bits per heavy atom. The number of aliphatic carboxylic acids is 1. The maximum Gasteiger partial charge on any atom is 0.341 e. The van der Waals surface area contributed by atoms with Crippen LogP contribution in [0.1, 0.15) is 5.56 Å². The van der Waals surface area contributed by atoms with Crippen molar-refractivity contribution in [3.63, 3.8) is 0 Å². The fourth-order valence-corrected chi connectivity index (χ4v) is 2.33. The highest BCUT2D eigenvalue weighted by Gasteiger charge is 2.26. The molecule has 0 saturated carbocycles. The van der Waals surface area contributed by atoms with Gasteiger partial charge in [-0.2, -0.15) is 0 Å². The fraction of sp³-hybridized carbons (Fsp3) is 0.143. The van der Waals surface area contributed by atoms with Gasteiger partial charge in [-0.15, -0.1) is 0 Å². The molecule has 0 unspecified atom stereocenters. The zero-order chi connectivity index (χ0) is 17.9. The lowest BCUT2D eigenvalue weighted by Gasteiger charge is -2.17. The lowest BCUT2D eigenvalue weighted by molar-refractivity contribution is -0.139. The van der Waals surface area contributed by atoms with Crippen molar-refractivity contribution in [1.82, 2.24) is 10.6 Å². The van der Waals surface area contributed by atoms with E-state index in [2.05, 4.69) is 10.6 Å². The third-order valence-electron chi connectivity index (χ3n) is 2.85. The van der Waals surface area contributed by atoms with Crippen molar-refractivity contribution in [2.75, 3.05) is 13.7 Å². The predicted octanol–water partition coefficient (Wildman–Crippen LogP) is 0.726. The number of ether oxygens (including phenoxy) is 2. The van der Waals surface area contributed by atoms with Crippen LogP contribution >= 0.6 is 23.8 Å². The molecule has 0 atom stereocenters. The van der Waals surface area contributed by atoms with E-state index in [0.29, 0.717) is 5.56 Å². The Balaban J connectivity index is 2.38. The van der Waals surface area contributed by atoms with E-state index >= 15 is 0 Å². The molecule has 10 heteroatoms. The van der Waals surface area contributed by atoms with Gasteiger partial charge in [-0.05, 0) is 36.0 Å². The normalized spacial score (nSPS) is 13.9. The van der Waals surface area contributed by atoms with Crippen LogP contribution in [0, 0.1) is 0 Å². The summed E-state index contributed by atoms with van der Waals surface area (Å²) in [4.78, 5) is 34.2. The second-order valence-electron chi connectivity index (χ2n) is 4.51. The van der Waals surface area contributed by atoms with Gasteiger partial charge in [0.1, 0.15) is 5.57 Å². The van der Waals surface area contributed by atoms with Crippen molar-refractivity contribution < 1.29 is 29.0 Å². The molecular weight excluding hydrogens is 360 g/mol. The van der Waals surface area contributed by atoms with E-state index < -0.39 is 24.4 Å². The molecule has 1 aliphatic heterocycles. The van der Waals surface area contributed by atoms with Gasteiger partial charge in [0.25, 0.3) is 11.8 Å². The first-order chi connectivity index (χ1) is 11.3. The summed E-state index contributed by atoms with van der Waals surface area (Å²) < 4.78 is 10.2. The van der Waals surface area contributed by atoms with Crippen molar-refractivity contribution in [1.29, 1.82) is 0 Å². The summed E-state index contributed by atoms with van der Waals surface area (Å²) in [5, 5.41) is 13.3. The number of methoxy groups -OCH3 is 1. The minimum atomic E-state index is -1.18. The maximum atomic E-state index is 11.8. The molecule has 0 spiro atoms. The Kier molecular flexibility index (Phi) is 5.37. The summed E-state index contributed by atoms with van der Waals surface area (Å²) in [5.74, 6) is -2.27. The van der Waals surface area contributed by atoms with Crippen molar-refractivity contribution in [2.45, 2.75) is 0 Å². The molecule has 2 rings (SSSR count). The van der Waals surface area contributed by atoms with E-state index in [4.69, 9.17) is 38.4 Å². The Morgan fingerprint density at radius 3 is 2.50 bits per heavy atom. The van der Waals surface area contributed by atoms with Gasteiger partial charge >= 0.3 is 5.97 Å². The summed E-state index contributed by atoms with van der Waals surface area (Å²) in [6, 6.07) is 2.85. The number of carbonyl (C=O) groups excluding carboxylic acids is 2. The second-order valence-corrected chi connectivity index (χ2v) is 5.33. The van der Waals surface area contributed by atoms with E-state index in [1.165, 1.54) is 25.3 Å². The highest BCUT2D eigenvalue weighted by molar-refractivity contribution is 7.80. The number of carboxylic acid groups (broad SMARTS) is 1. The van der Waals surface area contributed by atoms with E-state index in [9.17, 15) is 14.4 Å². The van der Waals surface area contributed by atoms with Gasteiger partial charge in [0, 0.05) is 0 Å². The average molecular weight is 371 g/mol. The van der Waals surface area contributed by atoms with Gasteiger partial charge in [-0.25, -0.2) is 4.79 Å². The summed E-state index contributed by atoms with van der Waals surface area (Å²) in [6.07, 6.45) is 1.29. The fourth-order valence-electron chi connectivity index (χ4n) is 1.87. The highest BCUT2D eigenvalue weighted by Crippen LogP contribution is 2.37. The Bertz CT molecular complexity index is 755. The summed E-state index contributed by atoms with van der Waals surface area (Å²) in [7, 11) is 1.34. The van der Waals surface area contributed by atoms with Crippen LogP contribution in [0.5, 0.6) is 11.5 Å². The highest BCUT2D eigenvalue weighted by atomic mass is 35.5. The number of hydrogen-bond donors (Lipinski definition) is 3. The van der Waals surface area contributed by atoms with E-state index in [1.807, 2.05) is 0 Å². The summed E-state index contributed by atoms with van der Waals surface area (Å²) in [6.45, 7) is -0.598. The molecule has 0 radical (unpaired) electrons. The van der Waals surface area contributed by atoms with Crippen LogP contribution in [-0.2, 0) is 14.4 Å². The lowest BCUT2D eigenvalue weighted by atomic mass is 10.1. The molecular formula is C14H11ClN2O6S. The van der Waals surface area contributed by atoms with Crippen LogP contribution < -0.4 is 20.1 Å². The van der Waals surface area contributed by atoms with Crippen LogP contribution in [0.4, 0.5) is 0 Å². The van der Waals surface area contributed by atoms with Gasteiger partial charge in [0.15, 0.2) is 23.2 Å². The first-order valence-corrected chi connectivity index (χ1v) is 7.21. The SMILES string of the molecule is COc1cc(C=C2C(=O)NC(=S)NC2=O)cc(Cl)c1OCC(=O)O. The number of carbonyl (C=O) groups is 3. The molecule has 1 saturated heterocycles. The minimum Gasteiger partial charge on any atom is -0.493 e. The number of benzene rings is 1. The number of halogens is 1. The third kappa shape index (κ3) is 4.00. The molecule has 8 nitrogen and oxygen atoms in total. The Morgan fingerprint density at radius 1 is 1.33 bits per heavy atom. The molecule has 1 aliphatic rings. The van der Waals surface area contributed by atoms with Gasteiger partial charge in [0.2, 0.25) is 0 Å². The van der Waals surface area contributed by atoms with E-state index in [1.54, 1.807) is 0 Å². The molecule has 1 fully saturated rings. The molecule has 24 heavy (non-hydrogen) atoms. The number of hydrogen-bond acceptors (Lipinski definition) is 6. The number of nitrogens with one attached hydrogen (secondary N) is 2. The van der Waals surface area contributed by atoms with E-state index in [0.717, 1.165) is 0 Å². The summed E-state index contributed by atoms with van der Waals surface area (Å²) in [5.41, 5.74) is 0.216. The standard InChI is InChI=1S/C14H11ClN2O6S/c1-22-9-4-6(3-8(15)11(9)23-5-10(18)19)2-7-12(20)16-14(24)17-13(7)21/h2-4H,5H2,1H3,(H,18,19)(H2,16,17,20,21,24). The van der Waals surface area contributed by atoms with Gasteiger partial charge < -0.3 is 14.6 Å². The molecule has 3 N–H and O–H groups in total. The van der Waals surface area contributed by atoms with Gasteiger partial charge in [-0.1, -0.05) is 11.6 Å². The second kappa shape index (κ2) is 7.28. The number of thiocarbonyl (C=S) groups is 1. The third-order valence-corrected chi connectivity index (χ3v) is 3.33. The van der Waals surface area contributed by atoms with Crippen LogP contribution in [0.3, 0.4) is 0 Å². The number of amides is 2. The zero-order valence-electron chi connectivity index (χ0n) is 12.2. The van der Waals surface area contributed by atoms with Crippen LogP contribution in [0.25, 0.3) is 6.08 Å². The first kappa shape index (κ1) is 17.7. The Labute approximate surface area is 146 Å². The van der Waals surface area contributed by atoms with Crippen LogP contribution in [0.2, 0.25) is 5.02 Å². The number of carboxylic acids is 1. The van der Waals surface area contributed by atoms with Crippen molar-refractivity contribution in [2.24, 2.45) is 0 Å². The molecule has 0 aliphatic carbocycles. The van der Waals surface area contributed by atoms with Crippen molar-refractivity contribution in [3.8, 4) is 11.5 Å². The van der Waals surface area contributed by atoms with E-state index in [-0.39, 0.29) is 27.2 Å². The minimum absolute atomic E-state index is 0.0439. The maximum absolute atomic E-state index is 11.8. The first-order valence-electron chi connectivity index (χ1n) is 6.42. The van der Waals surface area contributed by atoms with Crippen LogP contribution in [-0.4, -0.2) is 41.7 Å². The molecule has 0 bridgehead atoms. The molecule has 0 aromatic heterocycles. The topological polar surface area (TPSA) is 114 Å². The molecule has 2 amide bonds. The summed E-state index contributed by atoms with van der Waals surface area (Å²) >= 11 is 10.8. The Hall–Kier alpha value is -2.65. The zero-order valence-corrected chi connectivity index (χ0v) is 13.8. The molecule has 1 aromatic carbocycles. The largest absolute Gasteiger partial charge is 0.493 e. The van der Waals surface area contributed by atoms with Gasteiger partial charge in [0.05, 0.1) is 12.1 Å². The number of rotatable bonds is 5. The van der Waals surface area contributed by atoms with Gasteiger partial charge in [-0.3, -0.25) is 20.2 Å². The average Bonchev–Trinajstić information content (AvgIpc) is 2.49. The predicted molar refractivity (Wildman–Crippen MR) is 88.0 cm³/mol. The molecule has 1 heterocycles. The van der Waals surface area contributed by atoms with Crippen molar-refractivity contribution in [3.05, 3.63) is 28.3 Å². The smallest absolute Gasteiger partial charge is 0.341 e.